The second kappa shape index (κ2) is 3.24. The molecule has 0 saturated carbocycles. The molecule has 0 amide bonds. The molecule has 0 aliphatic carbocycles. The molecule has 1 aliphatic heterocycles. The van der Waals surface area contributed by atoms with Gasteiger partial charge in [0.25, 0.3) is 0 Å². The van der Waals surface area contributed by atoms with Crippen LogP contribution in [0.15, 0.2) is 12.1 Å². The highest BCUT2D eigenvalue weighted by molar-refractivity contribution is 5.47. The van der Waals surface area contributed by atoms with Gasteiger partial charge in [-0.2, -0.15) is 0 Å². The lowest BCUT2D eigenvalue weighted by molar-refractivity contribution is 0.0108. The number of hydrogen-bond donors (Lipinski definition) is 1. The molecule has 0 spiro atoms. The number of aryl methyl sites for hydroxylation is 1. The van der Waals surface area contributed by atoms with E-state index >= 15 is 0 Å². The van der Waals surface area contributed by atoms with E-state index in [1.54, 1.807) is 0 Å². The molecule has 1 aromatic carbocycles. The van der Waals surface area contributed by atoms with Crippen LogP contribution in [-0.4, -0.2) is 10.7 Å². The maximum Gasteiger partial charge on any atom is 0.129 e. The van der Waals surface area contributed by atoms with Crippen molar-refractivity contribution < 1.29 is 9.84 Å². The predicted molar refractivity (Wildman–Crippen MR) is 60.2 cm³/mol. The first-order chi connectivity index (χ1) is 6.91. The topological polar surface area (TPSA) is 29.5 Å². The van der Waals surface area contributed by atoms with Gasteiger partial charge in [-0.1, -0.05) is 12.1 Å². The third-order valence-electron chi connectivity index (χ3n) is 3.13. The van der Waals surface area contributed by atoms with Crippen molar-refractivity contribution in [3.8, 4) is 5.75 Å². The highest BCUT2D eigenvalue weighted by Gasteiger charge is 2.33. The summed E-state index contributed by atoms with van der Waals surface area (Å²) in [6.45, 7) is 8.14. The van der Waals surface area contributed by atoms with Crippen LogP contribution >= 0.6 is 0 Å². The number of aliphatic hydroxyl groups excluding tert-OH is 1. The van der Waals surface area contributed by atoms with E-state index in [0.717, 1.165) is 16.9 Å². The third kappa shape index (κ3) is 1.74. The van der Waals surface area contributed by atoms with Gasteiger partial charge in [-0.15, -0.1) is 0 Å². The molecular formula is C13H18O2. The van der Waals surface area contributed by atoms with Gasteiger partial charge in [0.2, 0.25) is 0 Å². The van der Waals surface area contributed by atoms with Gasteiger partial charge in [-0.25, -0.2) is 0 Å². The third-order valence-corrected chi connectivity index (χ3v) is 3.13. The van der Waals surface area contributed by atoms with Crippen molar-refractivity contribution in [1.82, 2.24) is 0 Å². The molecule has 2 rings (SSSR count). The average molecular weight is 206 g/mol. The van der Waals surface area contributed by atoms with E-state index in [0.29, 0.717) is 6.42 Å². The van der Waals surface area contributed by atoms with Gasteiger partial charge in [0.05, 0.1) is 6.10 Å². The summed E-state index contributed by atoms with van der Waals surface area (Å²) in [6, 6.07) is 4.01. The molecule has 0 saturated heterocycles. The van der Waals surface area contributed by atoms with E-state index in [9.17, 15) is 5.11 Å². The molecule has 1 heterocycles. The van der Waals surface area contributed by atoms with Crippen LogP contribution in [0, 0.1) is 13.8 Å². The predicted octanol–water partition coefficient (Wildman–Crippen LogP) is 2.90. The Bertz CT molecular complexity index is 394. The molecule has 0 aromatic heterocycles. The molecule has 1 aromatic rings. The number of benzene rings is 1. The highest BCUT2D eigenvalue weighted by atomic mass is 16.5. The molecule has 0 bridgehead atoms. The zero-order valence-corrected chi connectivity index (χ0v) is 9.79. The number of hydrogen-bond acceptors (Lipinski definition) is 2. The molecule has 1 N–H and O–H groups in total. The van der Waals surface area contributed by atoms with Crippen LogP contribution in [0.4, 0.5) is 0 Å². The normalized spacial score (nSPS) is 23.1. The summed E-state index contributed by atoms with van der Waals surface area (Å²) in [5, 5.41) is 10.0. The van der Waals surface area contributed by atoms with E-state index in [4.69, 9.17) is 4.74 Å². The van der Waals surface area contributed by atoms with Gasteiger partial charge >= 0.3 is 0 Å². The van der Waals surface area contributed by atoms with Crippen LogP contribution in [0.5, 0.6) is 5.75 Å². The Hall–Kier alpha value is -1.02. The fraction of sp³-hybridized carbons (Fsp3) is 0.538. The smallest absolute Gasteiger partial charge is 0.129 e. The monoisotopic (exact) mass is 206 g/mol. The maximum absolute atomic E-state index is 10.0. The van der Waals surface area contributed by atoms with Crippen LogP contribution < -0.4 is 4.74 Å². The number of fused-ring (bicyclic) bond motifs is 1. The largest absolute Gasteiger partial charge is 0.487 e. The van der Waals surface area contributed by atoms with Crippen LogP contribution in [0.1, 0.15) is 43.1 Å². The molecule has 82 valence electrons. The number of rotatable bonds is 0. The van der Waals surface area contributed by atoms with Crippen molar-refractivity contribution in [2.75, 3.05) is 0 Å². The molecule has 0 radical (unpaired) electrons. The summed E-state index contributed by atoms with van der Waals surface area (Å²) in [5.74, 6) is 0.874. The van der Waals surface area contributed by atoms with E-state index < -0.39 is 6.10 Å². The van der Waals surface area contributed by atoms with Gasteiger partial charge in [-0.3, -0.25) is 0 Å². The van der Waals surface area contributed by atoms with E-state index in [-0.39, 0.29) is 5.60 Å². The van der Waals surface area contributed by atoms with Crippen LogP contribution in [0.25, 0.3) is 0 Å². The quantitative estimate of drug-likeness (QED) is 0.707. The first-order valence-corrected chi connectivity index (χ1v) is 5.38. The molecule has 1 unspecified atom stereocenters. The van der Waals surface area contributed by atoms with Crippen LogP contribution in [0.2, 0.25) is 0 Å². The molecule has 2 nitrogen and oxygen atoms in total. The lowest BCUT2D eigenvalue weighted by atomic mass is 9.89. The van der Waals surface area contributed by atoms with Gasteiger partial charge in [0.15, 0.2) is 0 Å². The first kappa shape index (κ1) is 10.5. The van der Waals surface area contributed by atoms with Gasteiger partial charge in [0, 0.05) is 12.0 Å². The second-order valence-electron chi connectivity index (χ2n) is 5.01. The Balaban J connectivity index is 2.56. The van der Waals surface area contributed by atoms with Gasteiger partial charge in [-0.05, 0) is 38.8 Å². The lowest BCUT2D eigenvalue weighted by Crippen LogP contribution is -2.35. The molecule has 15 heavy (non-hydrogen) atoms. The molecule has 1 aliphatic rings. The Morgan fingerprint density at radius 1 is 1.33 bits per heavy atom. The van der Waals surface area contributed by atoms with Crippen molar-refractivity contribution in [3.63, 3.8) is 0 Å². The Kier molecular flexibility index (Phi) is 2.27. The average Bonchev–Trinajstić information content (AvgIpc) is 2.10. The summed E-state index contributed by atoms with van der Waals surface area (Å²) in [4.78, 5) is 0. The van der Waals surface area contributed by atoms with Crippen LogP contribution in [0.3, 0.4) is 0 Å². The fourth-order valence-electron chi connectivity index (χ4n) is 2.10. The van der Waals surface area contributed by atoms with E-state index in [2.05, 4.69) is 6.92 Å². The Morgan fingerprint density at radius 3 is 2.67 bits per heavy atom. The molecule has 1 atom stereocenters. The van der Waals surface area contributed by atoms with Crippen molar-refractivity contribution in [2.24, 2.45) is 0 Å². The Morgan fingerprint density at radius 2 is 2.00 bits per heavy atom. The van der Waals surface area contributed by atoms with Gasteiger partial charge < -0.3 is 9.84 Å². The van der Waals surface area contributed by atoms with Crippen molar-refractivity contribution in [2.45, 2.75) is 45.8 Å². The second-order valence-corrected chi connectivity index (χ2v) is 5.01. The van der Waals surface area contributed by atoms with Crippen molar-refractivity contribution in [1.29, 1.82) is 0 Å². The maximum atomic E-state index is 10.0. The van der Waals surface area contributed by atoms with Crippen molar-refractivity contribution in [3.05, 3.63) is 28.8 Å². The number of aliphatic hydroxyl groups is 1. The zero-order chi connectivity index (χ0) is 11.2. The zero-order valence-electron chi connectivity index (χ0n) is 9.79. The van der Waals surface area contributed by atoms with Crippen molar-refractivity contribution >= 4 is 0 Å². The number of ether oxygens (including phenoxy) is 1. The lowest BCUT2D eigenvalue weighted by Gasteiger charge is -2.36. The minimum Gasteiger partial charge on any atom is -0.487 e. The summed E-state index contributed by atoms with van der Waals surface area (Å²) < 4.78 is 5.94. The highest BCUT2D eigenvalue weighted by Crippen LogP contribution is 2.41. The Labute approximate surface area is 90.9 Å². The minimum atomic E-state index is -0.400. The van der Waals surface area contributed by atoms with E-state index in [1.165, 1.54) is 5.56 Å². The minimum absolute atomic E-state index is 0.273. The molecule has 2 heteroatoms. The SMILES string of the molecule is Cc1ccc2c(c1C)OC(C)(C)CC2O. The summed E-state index contributed by atoms with van der Waals surface area (Å²) in [6.07, 6.45) is 0.255. The summed E-state index contributed by atoms with van der Waals surface area (Å²) >= 11 is 0. The summed E-state index contributed by atoms with van der Waals surface area (Å²) in [7, 11) is 0. The molecule has 0 fully saturated rings. The van der Waals surface area contributed by atoms with Gasteiger partial charge in [0.1, 0.15) is 11.4 Å². The fourth-order valence-corrected chi connectivity index (χ4v) is 2.10. The first-order valence-electron chi connectivity index (χ1n) is 5.38. The van der Waals surface area contributed by atoms with E-state index in [1.807, 2.05) is 32.9 Å². The van der Waals surface area contributed by atoms with Crippen LogP contribution in [-0.2, 0) is 0 Å². The summed E-state index contributed by atoms with van der Waals surface area (Å²) in [5.41, 5.74) is 3.00. The molecular weight excluding hydrogens is 188 g/mol. The standard InChI is InChI=1S/C13H18O2/c1-8-5-6-10-11(14)7-13(3,4)15-12(10)9(8)2/h5-6,11,14H,7H2,1-4H3.